The van der Waals surface area contributed by atoms with Crippen molar-refractivity contribution in [1.82, 2.24) is 0 Å². The number of benzene rings is 2. The fourth-order valence-corrected chi connectivity index (χ4v) is 2.22. The van der Waals surface area contributed by atoms with Gasteiger partial charge in [0.05, 0.1) is 4.92 Å². The molecule has 0 radical (unpaired) electrons. The van der Waals surface area contributed by atoms with Crippen molar-refractivity contribution in [1.29, 1.82) is 0 Å². The lowest BCUT2D eigenvalue weighted by Gasteiger charge is -2.10. The number of nitrogens with zero attached hydrogens (tertiary/aromatic N) is 1. The lowest BCUT2D eigenvalue weighted by atomic mass is 10.2. The summed E-state index contributed by atoms with van der Waals surface area (Å²) >= 11 is 3.22. The average molecular weight is 358 g/mol. The highest BCUT2D eigenvalue weighted by Gasteiger charge is 2.11. The van der Waals surface area contributed by atoms with Crippen LogP contribution in [0.2, 0.25) is 0 Å². The van der Waals surface area contributed by atoms with E-state index in [1.54, 1.807) is 0 Å². The van der Waals surface area contributed by atoms with E-state index < -0.39 is 16.6 Å². The van der Waals surface area contributed by atoms with Crippen molar-refractivity contribution >= 4 is 21.6 Å². The second-order valence-electron chi connectivity index (χ2n) is 4.25. The van der Waals surface area contributed by atoms with Crippen LogP contribution in [0.4, 0.5) is 14.5 Å². The predicted molar refractivity (Wildman–Crippen MR) is 76.4 cm³/mol. The number of nitro benzene ring substituents is 1. The molecule has 0 unspecified atom stereocenters. The van der Waals surface area contributed by atoms with Crippen LogP contribution < -0.4 is 4.74 Å². The number of hydrogen-bond donors (Lipinski definition) is 0. The average Bonchev–Trinajstić information content (AvgIpc) is 2.43. The molecular weight excluding hydrogens is 348 g/mol. The normalized spacial score (nSPS) is 10.4. The smallest absolute Gasteiger partial charge is 0.270 e. The number of alkyl halides is 1. The second-order valence-corrected chi connectivity index (χ2v) is 4.81. The van der Waals surface area contributed by atoms with Gasteiger partial charge in [-0.25, -0.2) is 8.78 Å². The molecule has 2 aromatic carbocycles. The van der Waals surface area contributed by atoms with Gasteiger partial charge >= 0.3 is 0 Å². The lowest BCUT2D eigenvalue weighted by molar-refractivity contribution is -0.384. The van der Waals surface area contributed by atoms with Crippen molar-refractivity contribution in [2.24, 2.45) is 0 Å². The minimum atomic E-state index is -0.682. The van der Waals surface area contributed by atoms with Gasteiger partial charge in [0.2, 0.25) is 0 Å². The van der Waals surface area contributed by atoms with E-state index >= 15 is 0 Å². The molecule has 4 nitrogen and oxygen atoms in total. The first-order valence-electron chi connectivity index (χ1n) is 5.90. The van der Waals surface area contributed by atoms with Crippen molar-refractivity contribution in [3.05, 3.63) is 69.3 Å². The van der Waals surface area contributed by atoms with Crippen molar-refractivity contribution < 1.29 is 18.4 Å². The maximum absolute atomic E-state index is 13.1. The largest absolute Gasteiger partial charge is 0.489 e. The Morgan fingerprint density at radius 2 is 1.81 bits per heavy atom. The Bertz CT molecular complexity index is 659. The van der Waals surface area contributed by atoms with Crippen molar-refractivity contribution in [3.63, 3.8) is 0 Å². The third-order valence-corrected chi connectivity index (χ3v) is 3.32. The highest BCUT2D eigenvalue weighted by atomic mass is 79.9. The number of nitro groups is 1. The Hall–Kier alpha value is -2.02. The third kappa shape index (κ3) is 3.98. The highest BCUT2D eigenvalue weighted by molar-refractivity contribution is 9.08. The molecule has 0 bridgehead atoms. The third-order valence-electron chi connectivity index (χ3n) is 2.72. The highest BCUT2D eigenvalue weighted by Crippen LogP contribution is 2.27. The zero-order chi connectivity index (χ0) is 15.4. The zero-order valence-corrected chi connectivity index (χ0v) is 12.3. The number of halogens is 3. The molecule has 0 spiro atoms. The summed E-state index contributed by atoms with van der Waals surface area (Å²) < 4.78 is 31.6. The van der Waals surface area contributed by atoms with Crippen molar-refractivity contribution in [2.75, 3.05) is 0 Å². The number of hydrogen-bond acceptors (Lipinski definition) is 3. The molecule has 0 heterocycles. The van der Waals surface area contributed by atoms with Gasteiger partial charge in [-0.05, 0) is 23.8 Å². The molecule has 0 atom stereocenters. The molecule has 7 heteroatoms. The summed E-state index contributed by atoms with van der Waals surface area (Å²) in [7, 11) is 0. The summed E-state index contributed by atoms with van der Waals surface area (Å²) in [5, 5.41) is 11.1. The molecule has 0 saturated heterocycles. The van der Waals surface area contributed by atoms with Crippen molar-refractivity contribution in [3.8, 4) is 5.75 Å². The van der Waals surface area contributed by atoms with Crippen LogP contribution in [-0.2, 0) is 11.9 Å². The van der Waals surface area contributed by atoms with Crippen LogP contribution in [0.25, 0.3) is 0 Å². The van der Waals surface area contributed by atoms with Gasteiger partial charge in [-0.15, -0.1) is 0 Å². The van der Waals surface area contributed by atoms with E-state index in [-0.39, 0.29) is 12.3 Å². The predicted octanol–water partition coefficient (Wildman–Crippen LogP) is 4.35. The van der Waals surface area contributed by atoms with E-state index in [0.29, 0.717) is 22.2 Å². The number of ether oxygens (including phenoxy) is 1. The molecule has 2 aromatic rings. The Kier molecular flexibility index (Phi) is 4.85. The molecule has 0 aliphatic heterocycles. The molecule has 0 aliphatic rings. The van der Waals surface area contributed by atoms with Gasteiger partial charge in [-0.1, -0.05) is 15.9 Å². The van der Waals surface area contributed by atoms with Crippen LogP contribution in [0, 0.1) is 21.7 Å². The van der Waals surface area contributed by atoms with Gasteiger partial charge in [0.1, 0.15) is 24.0 Å². The van der Waals surface area contributed by atoms with Gasteiger partial charge in [-0.3, -0.25) is 10.1 Å². The molecule has 21 heavy (non-hydrogen) atoms. The van der Waals surface area contributed by atoms with Gasteiger partial charge in [0.25, 0.3) is 5.69 Å². The monoisotopic (exact) mass is 357 g/mol. The minimum Gasteiger partial charge on any atom is -0.489 e. The van der Waals surface area contributed by atoms with Crippen LogP contribution in [-0.4, -0.2) is 4.92 Å². The van der Waals surface area contributed by atoms with Crippen LogP contribution in [0.5, 0.6) is 5.75 Å². The van der Waals surface area contributed by atoms with Gasteiger partial charge in [0, 0.05) is 29.1 Å². The Labute approximate surface area is 127 Å². The lowest BCUT2D eigenvalue weighted by Crippen LogP contribution is -2.00. The van der Waals surface area contributed by atoms with Crippen LogP contribution >= 0.6 is 15.9 Å². The van der Waals surface area contributed by atoms with Crippen LogP contribution in [0.3, 0.4) is 0 Å². The Balaban J connectivity index is 2.17. The first-order valence-corrected chi connectivity index (χ1v) is 7.03. The number of non-ortho nitro benzene ring substituents is 1. The Morgan fingerprint density at radius 3 is 2.38 bits per heavy atom. The molecule has 0 fully saturated rings. The maximum Gasteiger partial charge on any atom is 0.270 e. The van der Waals surface area contributed by atoms with E-state index in [1.165, 1.54) is 30.3 Å². The molecule has 0 aromatic heterocycles. The summed E-state index contributed by atoms with van der Waals surface area (Å²) in [6, 6.07) is 7.28. The minimum absolute atomic E-state index is 0.0352. The molecule has 0 amide bonds. The maximum atomic E-state index is 13.1. The van der Waals surface area contributed by atoms with Crippen LogP contribution in [0.15, 0.2) is 36.4 Å². The molecule has 110 valence electrons. The topological polar surface area (TPSA) is 52.4 Å². The first-order chi connectivity index (χ1) is 9.99. The molecule has 0 saturated carbocycles. The van der Waals surface area contributed by atoms with Gasteiger partial charge in [-0.2, -0.15) is 0 Å². The van der Waals surface area contributed by atoms with E-state index in [2.05, 4.69) is 15.9 Å². The fourth-order valence-electron chi connectivity index (χ4n) is 1.78. The van der Waals surface area contributed by atoms with E-state index in [4.69, 9.17) is 4.74 Å². The summed E-state index contributed by atoms with van der Waals surface area (Å²) in [5.74, 6) is -0.946. The molecular formula is C14H10BrF2NO3. The Morgan fingerprint density at radius 1 is 1.14 bits per heavy atom. The standard InChI is InChI=1S/C14H10BrF2NO3/c15-7-10-5-13(18(19)20)1-2-14(10)21-8-9-3-11(16)6-12(17)4-9/h1-6H,7-8H2. The van der Waals surface area contributed by atoms with Crippen molar-refractivity contribution in [2.45, 2.75) is 11.9 Å². The second kappa shape index (κ2) is 6.62. The SMILES string of the molecule is O=[N+]([O-])c1ccc(OCc2cc(F)cc(F)c2)c(CBr)c1. The summed E-state index contributed by atoms with van der Waals surface area (Å²) in [6.07, 6.45) is 0. The van der Waals surface area contributed by atoms with E-state index in [1.807, 2.05) is 0 Å². The van der Waals surface area contributed by atoms with Gasteiger partial charge in [0.15, 0.2) is 0 Å². The van der Waals surface area contributed by atoms with Gasteiger partial charge < -0.3 is 4.74 Å². The van der Waals surface area contributed by atoms with E-state index in [9.17, 15) is 18.9 Å². The van der Waals surface area contributed by atoms with E-state index in [0.717, 1.165) is 6.07 Å². The molecule has 0 aliphatic carbocycles. The first kappa shape index (κ1) is 15.4. The molecule has 0 N–H and O–H groups in total. The fraction of sp³-hybridized carbons (Fsp3) is 0.143. The summed E-state index contributed by atoms with van der Waals surface area (Å²) in [4.78, 5) is 10.2. The zero-order valence-electron chi connectivity index (χ0n) is 10.7. The summed E-state index contributed by atoms with van der Waals surface area (Å²) in [5.41, 5.74) is 0.876. The number of rotatable bonds is 5. The summed E-state index contributed by atoms with van der Waals surface area (Å²) in [6.45, 7) is -0.0352. The molecule has 2 rings (SSSR count). The van der Waals surface area contributed by atoms with Crippen LogP contribution in [0.1, 0.15) is 11.1 Å². The quantitative estimate of drug-likeness (QED) is 0.454.